The topological polar surface area (TPSA) is 52.0 Å². The van der Waals surface area contributed by atoms with E-state index >= 15 is 0 Å². The first-order valence-corrected chi connectivity index (χ1v) is 6.47. The lowest BCUT2D eigenvalue weighted by molar-refractivity contribution is -0.00574. The quantitative estimate of drug-likeness (QED) is 0.667. The molecule has 120 valence electrons. The molecular weight excluding hydrogens is 319 g/mol. The first-order chi connectivity index (χ1) is 8.20. The van der Waals surface area contributed by atoms with E-state index in [4.69, 9.17) is 11.5 Å². The Morgan fingerprint density at radius 3 is 0.950 bits per heavy atom. The number of hydrogen-bond donors (Lipinski definition) is 2. The number of halogens is 6. The van der Waals surface area contributed by atoms with Crippen LogP contribution in [-0.2, 0) is 0 Å². The predicted molar refractivity (Wildman–Crippen MR) is 72.8 cm³/mol. The molecule has 2 nitrogen and oxygen atoms in total. The summed E-state index contributed by atoms with van der Waals surface area (Å²) in [4.78, 5) is 0. The molecule has 6 atom stereocenters. The Balaban J connectivity index is 0.000000182. The zero-order valence-electron chi connectivity index (χ0n) is 10.8. The molecule has 4 aliphatic rings. The minimum Gasteiger partial charge on any atom is -0.327 e. The van der Waals surface area contributed by atoms with Crippen molar-refractivity contribution in [3.8, 4) is 0 Å². The van der Waals surface area contributed by atoms with E-state index in [0.717, 1.165) is 0 Å². The average molecular weight is 339 g/mol. The van der Waals surface area contributed by atoms with Crippen molar-refractivity contribution in [3.05, 3.63) is 0 Å². The van der Waals surface area contributed by atoms with Gasteiger partial charge in [0.1, 0.15) is 0 Å². The second-order valence-corrected chi connectivity index (χ2v) is 6.34. The van der Waals surface area contributed by atoms with Gasteiger partial charge in [-0.2, -0.15) is 0 Å². The van der Waals surface area contributed by atoms with E-state index < -0.39 is 11.8 Å². The van der Waals surface area contributed by atoms with Crippen LogP contribution >= 0.6 is 24.8 Å². The van der Waals surface area contributed by atoms with E-state index in [9.17, 15) is 17.6 Å². The van der Waals surface area contributed by atoms with Crippen molar-refractivity contribution in [3.63, 3.8) is 0 Å². The highest BCUT2D eigenvalue weighted by Gasteiger charge is 2.61. The molecule has 4 N–H and O–H groups in total. The summed E-state index contributed by atoms with van der Waals surface area (Å²) in [6.45, 7) is 0. The number of fused-ring (bicyclic) bond motifs is 2. The molecule has 0 radical (unpaired) electrons. The molecule has 0 spiro atoms. The third-order valence-corrected chi connectivity index (χ3v) is 4.93. The molecule has 0 bridgehead atoms. The summed E-state index contributed by atoms with van der Waals surface area (Å²) < 4.78 is 49.4. The molecule has 20 heavy (non-hydrogen) atoms. The van der Waals surface area contributed by atoms with Crippen LogP contribution in [0.2, 0.25) is 0 Å². The smallest absolute Gasteiger partial charge is 0.248 e. The Hall–Kier alpha value is 0.220. The van der Waals surface area contributed by atoms with Crippen LogP contribution in [0.3, 0.4) is 0 Å². The van der Waals surface area contributed by atoms with Gasteiger partial charge in [-0.1, -0.05) is 0 Å². The fraction of sp³-hybridized carbons (Fsp3) is 1.00. The minimum atomic E-state index is -2.38. The fourth-order valence-electron chi connectivity index (χ4n) is 3.65. The monoisotopic (exact) mass is 338 g/mol. The highest BCUT2D eigenvalue weighted by molar-refractivity contribution is 5.85. The molecular formula is C12H20Cl2F4N2. The fourth-order valence-corrected chi connectivity index (χ4v) is 3.65. The molecule has 2 unspecified atom stereocenters. The van der Waals surface area contributed by atoms with E-state index in [1.54, 1.807) is 0 Å². The van der Waals surface area contributed by atoms with Crippen LogP contribution in [0.5, 0.6) is 0 Å². The lowest BCUT2D eigenvalue weighted by Gasteiger charge is -2.10. The zero-order chi connectivity index (χ0) is 13.3. The summed E-state index contributed by atoms with van der Waals surface area (Å²) in [5.41, 5.74) is 10.9. The van der Waals surface area contributed by atoms with Crippen molar-refractivity contribution in [1.29, 1.82) is 0 Å². The van der Waals surface area contributed by atoms with Gasteiger partial charge in [-0.15, -0.1) is 24.8 Å². The summed E-state index contributed by atoms with van der Waals surface area (Å²) in [6, 6.07) is 0.203. The SMILES string of the molecule is Cl.Cl.NC1[C@H]2CC(F)(F)C[C@@H]12.NC1[C@H]2CC(F)(F)C[C@@H]12. The molecule has 4 saturated carbocycles. The highest BCUT2D eigenvalue weighted by Crippen LogP contribution is 2.57. The molecule has 0 aliphatic heterocycles. The molecule has 0 heterocycles. The molecule has 4 fully saturated rings. The highest BCUT2D eigenvalue weighted by atomic mass is 35.5. The van der Waals surface area contributed by atoms with Crippen molar-refractivity contribution in [1.82, 2.24) is 0 Å². The van der Waals surface area contributed by atoms with Crippen molar-refractivity contribution >= 4 is 24.8 Å². The van der Waals surface area contributed by atoms with Gasteiger partial charge in [-0.3, -0.25) is 0 Å². The van der Waals surface area contributed by atoms with Gasteiger partial charge in [-0.05, 0) is 23.7 Å². The first-order valence-electron chi connectivity index (χ1n) is 6.47. The van der Waals surface area contributed by atoms with Gasteiger partial charge in [0.2, 0.25) is 11.8 Å². The largest absolute Gasteiger partial charge is 0.327 e. The Labute approximate surface area is 127 Å². The number of hydrogen-bond acceptors (Lipinski definition) is 2. The standard InChI is InChI=1S/2C6H9F2N.2ClH/c2*7-6(8)1-3-4(2-6)5(3)9;;/h2*3-5H,1-2,9H2;2*1H/t2*3-,4+,5?;;. The van der Waals surface area contributed by atoms with Crippen LogP contribution in [0.15, 0.2) is 0 Å². The normalized spacial score (nSPS) is 47.7. The maximum atomic E-state index is 12.3. The zero-order valence-corrected chi connectivity index (χ0v) is 12.4. The molecule has 0 aromatic carbocycles. The van der Waals surface area contributed by atoms with Crippen LogP contribution in [0.25, 0.3) is 0 Å². The van der Waals surface area contributed by atoms with Gasteiger partial charge < -0.3 is 11.5 Å². The average Bonchev–Trinajstić information content (AvgIpc) is 2.90. The Bertz CT molecular complexity index is 307. The van der Waals surface area contributed by atoms with Crippen LogP contribution in [-0.4, -0.2) is 23.9 Å². The van der Waals surface area contributed by atoms with Gasteiger partial charge in [0.25, 0.3) is 0 Å². The van der Waals surface area contributed by atoms with Crippen LogP contribution in [0, 0.1) is 23.7 Å². The second kappa shape index (κ2) is 5.45. The maximum absolute atomic E-state index is 12.3. The van der Waals surface area contributed by atoms with Crippen LogP contribution < -0.4 is 11.5 Å². The van der Waals surface area contributed by atoms with Crippen molar-refractivity contribution in [2.75, 3.05) is 0 Å². The van der Waals surface area contributed by atoms with Gasteiger partial charge in [0, 0.05) is 37.8 Å². The molecule has 4 aliphatic carbocycles. The Morgan fingerprint density at radius 1 is 0.600 bits per heavy atom. The van der Waals surface area contributed by atoms with Crippen molar-refractivity contribution in [2.45, 2.75) is 49.6 Å². The maximum Gasteiger partial charge on any atom is 0.248 e. The summed E-state index contributed by atoms with van der Waals surface area (Å²) >= 11 is 0. The summed E-state index contributed by atoms with van der Waals surface area (Å²) in [5.74, 6) is -4.16. The van der Waals surface area contributed by atoms with E-state index in [1.807, 2.05) is 0 Å². The molecule has 4 rings (SSSR count). The van der Waals surface area contributed by atoms with Gasteiger partial charge in [-0.25, -0.2) is 17.6 Å². The molecule has 8 heteroatoms. The van der Waals surface area contributed by atoms with E-state index in [1.165, 1.54) is 0 Å². The third kappa shape index (κ3) is 3.34. The minimum absolute atomic E-state index is 0. The second-order valence-electron chi connectivity index (χ2n) is 6.34. The number of rotatable bonds is 0. The van der Waals surface area contributed by atoms with Crippen molar-refractivity contribution < 1.29 is 17.6 Å². The Morgan fingerprint density at radius 2 is 0.800 bits per heavy atom. The third-order valence-electron chi connectivity index (χ3n) is 4.93. The van der Waals surface area contributed by atoms with E-state index in [2.05, 4.69) is 0 Å². The van der Waals surface area contributed by atoms with E-state index in [0.29, 0.717) is 0 Å². The molecule has 0 amide bonds. The summed E-state index contributed by atoms with van der Waals surface area (Å²) in [5, 5.41) is 0. The molecule has 0 aromatic heterocycles. The summed E-state index contributed by atoms with van der Waals surface area (Å²) in [6.07, 6.45) is 0.162. The molecule has 0 saturated heterocycles. The predicted octanol–water partition coefficient (Wildman–Crippen LogP) is 2.82. The van der Waals surface area contributed by atoms with Crippen molar-refractivity contribution in [2.24, 2.45) is 35.1 Å². The lowest BCUT2D eigenvalue weighted by Crippen LogP contribution is -2.19. The number of alkyl halides is 4. The lowest BCUT2D eigenvalue weighted by atomic mass is 10.2. The first kappa shape index (κ1) is 18.3. The number of nitrogens with two attached hydrogens (primary N) is 2. The Kier molecular flexibility index (Phi) is 4.98. The molecule has 0 aromatic rings. The van der Waals surface area contributed by atoms with Crippen LogP contribution in [0.4, 0.5) is 17.6 Å². The van der Waals surface area contributed by atoms with Crippen LogP contribution in [0.1, 0.15) is 25.7 Å². The summed E-state index contributed by atoms with van der Waals surface area (Å²) in [7, 11) is 0. The van der Waals surface area contributed by atoms with E-state index in [-0.39, 0.29) is 86.3 Å². The van der Waals surface area contributed by atoms with Gasteiger partial charge in [0.05, 0.1) is 0 Å². The van der Waals surface area contributed by atoms with Gasteiger partial charge >= 0.3 is 0 Å². The van der Waals surface area contributed by atoms with Gasteiger partial charge in [0.15, 0.2) is 0 Å².